The maximum absolute atomic E-state index is 12.5. The second-order valence-electron chi connectivity index (χ2n) is 5.68. The van der Waals surface area contributed by atoms with Gasteiger partial charge in [0.05, 0.1) is 0 Å². The topological polar surface area (TPSA) is 61.8 Å². The number of piperidine rings is 1. The molecule has 0 aromatic rings. The molecule has 0 radical (unpaired) electrons. The predicted octanol–water partition coefficient (Wildman–Crippen LogP) is 1.29. The van der Waals surface area contributed by atoms with Crippen molar-refractivity contribution in [1.29, 1.82) is 0 Å². The smallest absolute Gasteiger partial charge is 0.271 e. The Morgan fingerprint density at radius 1 is 1.39 bits per heavy atom. The third-order valence-corrected chi connectivity index (χ3v) is 4.07. The van der Waals surface area contributed by atoms with Gasteiger partial charge in [0.1, 0.15) is 11.8 Å². The first-order valence-corrected chi connectivity index (χ1v) is 6.66. The number of nitrogens with one attached hydrogen (secondary N) is 1. The Bertz CT molecular complexity index is 401. The normalized spacial score (nSPS) is 25.2. The lowest BCUT2D eigenvalue weighted by Gasteiger charge is -2.34. The first-order valence-electron chi connectivity index (χ1n) is 6.66. The minimum atomic E-state index is -0.333. The van der Waals surface area contributed by atoms with Gasteiger partial charge in [-0.2, -0.15) is 5.10 Å². The van der Waals surface area contributed by atoms with E-state index in [2.05, 4.69) is 10.5 Å². The summed E-state index contributed by atoms with van der Waals surface area (Å²) in [6.45, 7) is 6.66. The van der Waals surface area contributed by atoms with Gasteiger partial charge in [0.15, 0.2) is 0 Å². The average molecular weight is 251 g/mol. The quantitative estimate of drug-likeness (QED) is 0.804. The van der Waals surface area contributed by atoms with E-state index in [-0.39, 0.29) is 23.3 Å². The molecule has 1 atom stereocenters. The van der Waals surface area contributed by atoms with Crippen molar-refractivity contribution in [3.63, 3.8) is 0 Å². The summed E-state index contributed by atoms with van der Waals surface area (Å²) >= 11 is 0. The molecule has 100 valence electrons. The van der Waals surface area contributed by atoms with Crippen LogP contribution < -0.4 is 5.43 Å². The van der Waals surface area contributed by atoms with Crippen molar-refractivity contribution in [2.24, 2.45) is 10.5 Å². The highest BCUT2D eigenvalue weighted by Gasteiger charge is 2.40. The van der Waals surface area contributed by atoms with Gasteiger partial charge in [-0.3, -0.25) is 9.59 Å². The van der Waals surface area contributed by atoms with Crippen LogP contribution in [-0.2, 0) is 9.59 Å². The zero-order valence-electron chi connectivity index (χ0n) is 11.3. The Labute approximate surface area is 108 Å². The van der Waals surface area contributed by atoms with Crippen molar-refractivity contribution in [2.45, 2.75) is 52.5 Å². The number of carbonyl (C=O) groups excluding carboxylic acids is 2. The molecule has 2 heterocycles. The van der Waals surface area contributed by atoms with Gasteiger partial charge in [-0.1, -0.05) is 20.8 Å². The van der Waals surface area contributed by atoms with E-state index in [0.29, 0.717) is 12.3 Å². The van der Waals surface area contributed by atoms with Crippen molar-refractivity contribution in [3.8, 4) is 0 Å². The zero-order valence-corrected chi connectivity index (χ0v) is 11.3. The van der Waals surface area contributed by atoms with Crippen molar-refractivity contribution < 1.29 is 9.59 Å². The summed E-state index contributed by atoms with van der Waals surface area (Å²) in [5.74, 6) is -0.227. The van der Waals surface area contributed by atoms with E-state index in [0.717, 1.165) is 25.7 Å². The maximum Gasteiger partial charge on any atom is 0.271 e. The third kappa shape index (κ3) is 2.13. The second-order valence-corrected chi connectivity index (χ2v) is 5.68. The van der Waals surface area contributed by atoms with Crippen molar-refractivity contribution in [3.05, 3.63) is 0 Å². The standard InChI is InChI=1S/C13H21N3O2/c1-4-13(2,3)10-12(18)16-8-6-5-7-9(16)11(17)15-14-10/h9H,4-8H2,1-3H3,(H,15,17). The zero-order chi connectivity index (χ0) is 13.3. The molecule has 2 aliphatic heterocycles. The van der Waals surface area contributed by atoms with Crippen LogP contribution in [0.4, 0.5) is 0 Å². The molecule has 1 unspecified atom stereocenters. The van der Waals surface area contributed by atoms with Gasteiger partial charge in [-0.25, -0.2) is 5.43 Å². The molecule has 5 nitrogen and oxygen atoms in total. The van der Waals surface area contributed by atoms with Crippen LogP contribution in [0.25, 0.3) is 0 Å². The Morgan fingerprint density at radius 3 is 2.78 bits per heavy atom. The van der Waals surface area contributed by atoms with E-state index in [9.17, 15) is 9.59 Å². The molecule has 0 aromatic carbocycles. The maximum atomic E-state index is 12.5. The lowest BCUT2D eigenvalue weighted by Crippen LogP contribution is -2.51. The van der Waals surface area contributed by atoms with Gasteiger partial charge in [0.25, 0.3) is 11.8 Å². The lowest BCUT2D eigenvalue weighted by atomic mass is 9.83. The molecule has 0 saturated carbocycles. The molecule has 2 aliphatic rings. The molecule has 0 aliphatic carbocycles. The molecule has 2 amide bonds. The molecule has 1 N–H and O–H groups in total. The van der Waals surface area contributed by atoms with Gasteiger partial charge in [0, 0.05) is 12.0 Å². The van der Waals surface area contributed by atoms with Crippen molar-refractivity contribution in [2.75, 3.05) is 6.54 Å². The van der Waals surface area contributed by atoms with Crippen LogP contribution in [0.5, 0.6) is 0 Å². The summed E-state index contributed by atoms with van der Waals surface area (Å²) < 4.78 is 0. The first-order chi connectivity index (χ1) is 8.47. The molecule has 1 fully saturated rings. The average Bonchev–Trinajstić information content (AvgIpc) is 2.49. The lowest BCUT2D eigenvalue weighted by molar-refractivity contribution is -0.136. The summed E-state index contributed by atoms with van der Waals surface area (Å²) in [6.07, 6.45) is 3.52. The van der Waals surface area contributed by atoms with Gasteiger partial charge < -0.3 is 4.90 Å². The fourth-order valence-corrected chi connectivity index (χ4v) is 2.42. The number of nitrogens with zero attached hydrogens (tertiary/aromatic N) is 2. The summed E-state index contributed by atoms with van der Waals surface area (Å²) in [5.41, 5.74) is 2.72. The van der Waals surface area contributed by atoms with Crippen LogP contribution in [0.1, 0.15) is 46.5 Å². The fourth-order valence-electron chi connectivity index (χ4n) is 2.42. The summed E-state index contributed by atoms with van der Waals surface area (Å²) in [6, 6.07) is -0.333. The highest BCUT2D eigenvalue weighted by molar-refractivity contribution is 6.41. The van der Waals surface area contributed by atoms with E-state index in [1.807, 2.05) is 20.8 Å². The molecular weight excluding hydrogens is 230 g/mol. The molecule has 0 bridgehead atoms. The van der Waals surface area contributed by atoms with E-state index in [1.165, 1.54) is 0 Å². The molecule has 0 aromatic heterocycles. The van der Waals surface area contributed by atoms with Crippen molar-refractivity contribution in [1.82, 2.24) is 10.3 Å². The SMILES string of the molecule is CCC(C)(C)C1=NNC(=O)C2CCCCN2C1=O. The number of hydrogen-bond acceptors (Lipinski definition) is 3. The van der Waals surface area contributed by atoms with E-state index >= 15 is 0 Å². The molecule has 1 saturated heterocycles. The number of hydrogen-bond donors (Lipinski definition) is 1. The largest absolute Gasteiger partial charge is 0.325 e. The van der Waals surface area contributed by atoms with Crippen molar-refractivity contribution >= 4 is 17.5 Å². The predicted molar refractivity (Wildman–Crippen MR) is 69.0 cm³/mol. The second kappa shape index (κ2) is 4.71. The fraction of sp³-hybridized carbons (Fsp3) is 0.769. The Balaban J connectivity index is 2.34. The Kier molecular flexibility index (Phi) is 3.41. The summed E-state index contributed by atoms with van der Waals surface area (Å²) in [4.78, 5) is 26.2. The molecule has 5 heteroatoms. The summed E-state index contributed by atoms with van der Waals surface area (Å²) in [7, 11) is 0. The Morgan fingerprint density at radius 2 is 2.11 bits per heavy atom. The van der Waals surface area contributed by atoms with Crippen LogP contribution in [0.2, 0.25) is 0 Å². The van der Waals surface area contributed by atoms with Crippen LogP contribution in [0, 0.1) is 5.41 Å². The Hall–Kier alpha value is -1.39. The number of fused-ring (bicyclic) bond motifs is 1. The number of hydrazone groups is 1. The number of rotatable bonds is 2. The minimum absolute atomic E-state index is 0.0788. The molecular formula is C13H21N3O2. The number of carbonyl (C=O) groups is 2. The highest BCUT2D eigenvalue weighted by Crippen LogP contribution is 2.27. The summed E-state index contributed by atoms with van der Waals surface area (Å²) in [5, 5.41) is 4.08. The molecule has 2 rings (SSSR count). The van der Waals surface area contributed by atoms with E-state index < -0.39 is 0 Å². The highest BCUT2D eigenvalue weighted by atomic mass is 16.2. The van der Waals surface area contributed by atoms with Gasteiger partial charge in [0.2, 0.25) is 0 Å². The molecule has 18 heavy (non-hydrogen) atoms. The monoisotopic (exact) mass is 251 g/mol. The van der Waals surface area contributed by atoms with Gasteiger partial charge in [-0.05, 0) is 25.7 Å². The number of amides is 2. The van der Waals surface area contributed by atoms with E-state index in [1.54, 1.807) is 4.90 Å². The van der Waals surface area contributed by atoms with Crippen LogP contribution in [0.3, 0.4) is 0 Å². The van der Waals surface area contributed by atoms with Crippen LogP contribution >= 0.6 is 0 Å². The minimum Gasteiger partial charge on any atom is -0.325 e. The molecule has 0 spiro atoms. The first kappa shape index (κ1) is 13.1. The van der Waals surface area contributed by atoms with Gasteiger partial charge >= 0.3 is 0 Å². The van der Waals surface area contributed by atoms with E-state index in [4.69, 9.17) is 0 Å². The van der Waals surface area contributed by atoms with Gasteiger partial charge in [-0.15, -0.1) is 0 Å². The van der Waals surface area contributed by atoms with Crippen LogP contribution in [0.15, 0.2) is 5.10 Å². The third-order valence-electron chi connectivity index (χ3n) is 4.07. The van der Waals surface area contributed by atoms with Crippen LogP contribution in [-0.4, -0.2) is 35.0 Å².